The van der Waals surface area contributed by atoms with Crippen LogP contribution in [0.15, 0.2) is 57.7 Å². The number of nitrogens with one attached hydrogen (secondary N) is 1. The number of carbonyl (C=O) groups excluding carboxylic acids is 3. The molecule has 0 unspecified atom stereocenters. The summed E-state index contributed by atoms with van der Waals surface area (Å²) in [5, 5.41) is 7.56. The molecule has 1 fully saturated rings. The molecular weight excluding hydrogens is 664 g/mol. The lowest BCUT2D eigenvalue weighted by molar-refractivity contribution is -0.142. The zero-order valence-corrected chi connectivity index (χ0v) is 30.9. The Morgan fingerprint density at radius 3 is 2.54 bits per heavy atom. The largest absolute Gasteiger partial charge is 0.461 e. The van der Waals surface area contributed by atoms with Gasteiger partial charge in [-0.05, 0) is 75.6 Å². The Hall–Kier alpha value is -5.37. The van der Waals surface area contributed by atoms with Crippen molar-refractivity contribution in [2.45, 2.75) is 79.6 Å². The van der Waals surface area contributed by atoms with Crippen molar-refractivity contribution in [2.75, 3.05) is 30.0 Å². The lowest BCUT2D eigenvalue weighted by Crippen LogP contribution is -2.52. The van der Waals surface area contributed by atoms with Crippen LogP contribution in [0.1, 0.15) is 68.9 Å². The minimum Gasteiger partial charge on any atom is -0.461 e. The zero-order chi connectivity index (χ0) is 37.5. The minimum absolute atomic E-state index is 0.0655. The van der Waals surface area contributed by atoms with Crippen LogP contribution in [0.3, 0.4) is 0 Å². The molecule has 1 N–H and O–H groups in total. The van der Waals surface area contributed by atoms with Gasteiger partial charge in [0.1, 0.15) is 29.6 Å². The molecule has 5 heterocycles. The molecule has 6 rings (SSSR count). The SMILES string of the molecule is C=N/C(=C\C=C(/C)C(=O)N1[C@@H](C)COC[C@@H]1C)Nc1cc(-c2ccnc(N3CCn4c(cc5c4CC(C)(C)C5)C3=O)c2COC(C)=O)nn(C)c1=O. The monoisotopic (exact) mass is 710 g/mol. The lowest BCUT2D eigenvalue weighted by atomic mass is 9.90. The van der Waals surface area contributed by atoms with Crippen molar-refractivity contribution in [3.8, 4) is 11.3 Å². The van der Waals surface area contributed by atoms with E-state index in [0.29, 0.717) is 60.2 Å². The fraction of sp³-hybridized carbons (Fsp3) is 0.447. The Morgan fingerprint density at radius 1 is 1.12 bits per heavy atom. The topological polar surface area (TPSA) is 153 Å². The molecule has 2 atom stereocenters. The number of esters is 1. The van der Waals surface area contributed by atoms with Gasteiger partial charge in [0, 0.05) is 55.7 Å². The first-order chi connectivity index (χ1) is 24.7. The van der Waals surface area contributed by atoms with E-state index in [1.54, 1.807) is 47.2 Å². The summed E-state index contributed by atoms with van der Waals surface area (Å²) in [6, 6.07) is 5.14. The molecule has 0 saturated carbocycles. The molecule has 0 aromatic carbocycles. The molecule has 2 aliphatic heterocycles. The normalized spacial score (nSPS) is 20.0. The lowest BCUT2D eigenvalue weighted by Gasteiger charge is -2.39. The maximum Gasteiger partial charge on any atom is 0.302 e. The second-order valence-electron chi connectivity index (χ2n) is 14.6. The molecule has 1 aliphatic carbocycles. The van der Waals surface area contributed by atoms with E-state index >= 15 is 0 Å². The highest BCUT2D eigenvalue weighted by atomic mass is 16.5. The Morgan fingerprint density at radius 2 is 1.85 bits per heavy atom. The second kappa shape index (κ2) is 14.3. The summed E-state index contributed by atoms with van der Waals surface area (Å²) >= 11 is 0. The van der Waals surface area contributed by atoms with Crippen molar-refractivity contribution < 1.29 is 23.9 Å². The van der Waals surface area contributed by atoms with Gasteiger partial charge in [-0.2, -0.15) is 5.10 Å². The molecule has 14 nitrogen and oxygen atoms in total. The molecule has 3 aliphatic rings. The van der Waals surface area contributed by atoms with Crippen LogP contribution >= 0.6 is 0 Å². The summed E-state index contributed by atoms with van der Waals surface area (Å²) in [5.74, 6) is -0.219. The summed E-state index contributed by atoms with van der Waals surface area (Å²) in [5.41, 5.74) is 4.73. The van der Waals surface area contributed by atoms with E-state index in [4.69, 9.17) is 9.47 Å². The van der Waals surface area contributed by atoms with Crippen LogP contribution in [0.2, 0.25) is 0 Å². The number of anilines is 2. The van der Waals surface area contributed by atoms with Crippen molar-refractivity contribution in [3.63, 3.8) is 0 Å². The number of nitrogens with zero attached hydrogens (tertiary/aromatic N) is 7. The first-order valence-electron chi connectivity index (χ1n) is 17.4. The summed E-state index contributed by atoms with van der Waals surface area (Å²) in [6.07, 6.45) is 6.61. The first-order valence-corrected chi connectivity index (χ1v) is 17.4. The van der Waals surface area contributed by atoms with Gasteiger partial charge in [-0.15, -0.1) is 0 Å². The predicted molar refractivity (Wildman–Crippen MR) is 197 cm³/mol. The molecule has 2 amide bonds. The van der Waals surface area contributed by atoms with E-state index < -0.39 is 11.5 Å². The number of pyridine rings is 1. The Bertz CT molecular complexity index is 2060. The van der Waals surface area contributed by atoms with Crippen LogP contribution in [0.5, 0.6) is 0 Å². The highest BCUT2D eigenvalue weighted by molar-refractivity contribution is 6.06. The molecule has 274 valence electrons. The number of amides is 2. The van der Waals surface area contributed by atoms with Gasteiger partial charge in [0.05, 0.1) is 31.0 Å². The second-order valence-corrected chi connectivity index (χ2v) is 14.6. The summed E-state index contributed by atoms with van der Waals surface area (Å²) < 4.78 is 14.4. The number of allylic oxidation sites excluding steroid dienone is 2. The van der Waals surface area contributed by atoms with Crippen LogP contribution in [0.25, 0.3) is 11.3 Å². The standard InChI is InChI=1S/C38H46N8O6/c1-22(35(48)46-23(2)19-51-20-24(46)3)9-10-33(39-7)41-30-16-29(42-43(8)36(30)49)27-11-12-40-34(28(27)21-52-25(4)47)45-14-13-44-31(37(45)50)15-26-17-38(5,6)18-32(26)44/h9-12,15-16,23-24,41H,7,13-14,17-21H2,1-6,8H3/b22-9+,33-10+/t23-,24-/m0/s1. The number of hydrogen-bond donors (Lipinski definition) is 1. The maximum absolute atomic E-state index is 14.0. The molecule has 0 spiro atoms. The molecule has 3 aromatic rings. The summed E-state index contributed by atoms with van der Waals surface area (Å²) in [4.78, 5) is 64.8. The van der Waals surface area contributed by atoms with Gasteiger partial charge in [-0.1, -0.05) is 19.9 Å². The van der Waals surface area contributed by atoms with E-state index in [1.807, 2.05) is 19.9 Å². The Labute approximate surface area is 302 Å². The maximum atomic E-state index is 14.0. The van der Waals surface area contributed by atoms with E-state index in [2.05, 4.69) is 45.5 Å². The molecular formula is C38H46N8O6. The fourth-order valence-electron chi connectivity index (χ4n) is 7.37. The van der Waals surface area contributed by atoms with Gasteiger partial charge in [-0.25, -0.2) is 14.7 Å². The number of ether oxygens (including phenoxy) is 2. The zero-order valence-electron chi connectivity index (χ0n) is 30.9. The molecule has 3 aromatic heterocycles. The van der Waals surface area contributed by atoms with Gasteiger partial charge in [-0.3, -0.25) is 24.1 Å². The highest BCUT2D eigenvalue weighted by Gasteiger charge is 2.38. The number of aromatic nitrogens is 4. The fourth-order valence-corrected chi connectivity index (χ4v) is 7.37. The number of aliphatic imine (C=N–C) groups is 1. The minimum atomic E-state index is -0.499. The van der Waals surface area contributed by atoms with Crippen LogP contribution in [0, 0.1) is 5.41 Å². The third-order valence-corrected chi connectivity index (χ3v) is 9.84. The molecule has 1 saturated heterocycles. The number of fused-ring (bicyclic) bond motifs is 3. The molecule has 14 heteroatoms. The average Bonchev–Trinajstić information content (AvgIpc) is 3.59. The van der Waals surface area contributed by atoms with Gasteiger partial charge < -0.3 is 24.3 Å². The van der Waals surface area contributed by atoms with Crippen LogP contribution in [-0.2, 0) is 52.1 Å². The summed E-state index contributed by atoms with van der Waals surface area (Å²) in [7, 11) is 1.52. The van der Waals surface area contributed by atoms with E-state index in [9.17, 15) is 19.2 Å². The number of morpholine rings is 1. The summed E-state index contributed by atoms with van der Waals surface area (Å²) in [6.45, 7) is 16.8. The predicted octanol–water partition coefficient (Wildman–Crippen LogP) is 4.03. The van der Waals surface area contributed by atoms with Gasteiger partial charge in [0.2, 0.25) is 5.91 Å². The van der Waals surface area contributed by atoms with Crippen molar-refractivity contribution in [2.24, 2.45) is 17.5 Å². The molecule has 0 bridgehead atoms. The van der Waals surface area contributed by atoms with E-state index in [-0.39, 0.29) is 47.4 Å². The number of rotatable bonds is 9. The van der Waals surface area contributed by atoms with E-state index in [0.717, 1.165) is 12.8 Å². The van der Waals surface area contributed by atoms with Crippen LogP contribution in [0.4, 0.5) is 11.5 Å². The van der Waals surface area contributed by atoms with Crippen LogP contribution < -0.4 is 15.8 Å². The van der Waals surface area contributed by atoms with Crippen molar-refractivity contribution in [1.29, 1.82) is 0 Å². The average molecular weight is 711 g/mol. The van der Waals surface area contributed by atoms with Gasteiger partial charge in [0.15, 0.2) is 0 Å². The smallest absolute Gasteiger partial charge is 0.302 e. The van der Waals surface area contributed by atoms with Gasteiger partial charge in [0.25, 0.3) is 11.5 Å². The Balaban J connectivity index is 1.33. The number of aryl methyl sites for hydroxylation is 1. The number of carbonyl (C=O) groups is 3. The van der Waals surface area contributed by atoms with Crippen molar-refractivity contribution in [3.05, 3.63) is 80.8 Å². The van der Waals surface area contributed by atoms with Crippen molar-refractivity contribution in [1.82, 2.24) is 24.2 Å². The number of hydrogen-bond acceptors (Lipinski definition) is 10. The quantitative estimate of drug-likeness (QED) is 0.150. The van der Waals surface area contributed by atoms with Crippen LogP contribution in [-0.4, -0.2) is 80.6 Å². The molecule has 52 heavy (non-hydrogen) atoms. The molecule has 0 radical (unpaired) electrons. The van der Waals surface area contributed by atoms with E-state index in [1.165, 1.54) is 29.9 Å². The third kappa shape index (κ3) is 7.07. The first kappa shape index (κ1) is 36.4. The van der Waals surface area contributed by atoms with Crippen molar-refractivity contribution >= 4 is 36.0 Å². The Kier molecular flexibility index (Phi) is 10.0. The third-order valence-electron chi connectivity index (χ3n) is 9.84. The van der Waals surface area contributed by atoms with Gasteiger partial charge >= 0.3 is 5.97 Å². The highest BCUT2D eigenvalue weighted by Crippen LogP contribution is 2.40.